The molecule has 0 saturated carbocycles. The molecule has 3 amide bonds. The number of likely N-dealkylation sites (tertiary alicyclic amines) is 1. The number of carbonyl (C=O) groups is 4. The molecule has 2 saturated heterocycles. The highest BCUT2D eigenvalue weighted by Crippen LogP contribution is 2.59. The molecule has 0 aromatic heterocycles. The van der Waals surface area contributed by atoms with E-state index in [9.17, 15) is 24.3 Å². The summed E-state index contributed by atoms with van der Waals surface area (Å²) in [7, 11) is 0. The van der Waals surface area contributed by atoms with E-state index in [1.54, 1.807) is 11.0 Å². The van der Waals surface area contributed by atoms with Crippen molar-refractivity contribution in [3.05, 3.63) is 94.5 Å². The standard InChI is InChI=1S/C37H42BrN3O7/c1-2-3-18-40-19-12-6-11-17-29(43)39-22-28(25-15-9-5-10-16-25)47-36(46)30-31-34(44)41(26(23-42)20-24-13-7-4-8-14-24)33(35(40)45)37(31)21-27(38)32(30)48-37/h4-10,12-16,21,26,28,30-33,42H,2-3,11,17-20,22-23H2,1H3,(H,39,43)/b12-6-/t26-,28-,30-,31+,32-,33-,37+/m1/s1. The number of hydrogen-bond donors (Lipinski definition) is 2. The Labute approximate surface area is 289 Å². The van der Waals surface area contributed by atoms with Crippen LogP contribution in [0.3, 0.4) is 0 Å². The van der Waals surface area contributed by atoms with Crippen molar-refractivity contribution in [1.82, 2.24) is 15.1 Å². The van der Waals surface area contributed by atoms with Crippen LogP contribution in [0.1, 0.15) is 49.8 Å². The fourth-order valence-corrected chi connectivity index (χ4v) is 8.23. The van der Waals surface area contributed by atoms with E-state index in [1.165, 1.54) is 4.90 Å². The third-order valence-corrected chi connectivity index (χ3v) is 10.5. The van der Waals surface area contributed by atoms with Gasteiger partial charge in [-0.05, 0) is 36.5 Å². The van der Waals surface area contributed by atoms with E-state index in [-0.39, 0.29) is 37.9 Å². The van der Waals surface area contributed by atoms with Crippen LogP contribution in [0.5, 0.6) is 0 Å². The summed E-state index contributed by atoms with van der Waals surface area (Å²) in [5.41, 5.74) is 0.139. The number of rotatable bonds is 8. The minimum Gasteiger partial charge on any atom is -0.455 e. The minimum atomic E-state index is -1.45. The molecule has 10 nitrogen and oxygen atoms in total. The monoisotopic (exact) mass is 719 g/mol. The van der Waals surface area contributed by atoms with Gasteiger partial charge < -0.3 is 29.7 Å². The van der Waals surface area contributed by atoms with Gasteiger partial charge in [-0.1, -0.05) is 102 Å². The van der Waals surface area contributed by atoms with E-state index in [0.29, 0.717) is 29.4 Å². The number of nitrogens with zero attached hydrogens (tertiary/aromatic N) is 2. The number of amides is 3. The molecule has 4 heterocycles. The molecule has 0 unspecified atom stereocenters. The molecular weight excluding hydrogens is 678 g/mol. The molecule has 1 spiro atoms. The van der Waals surface area contributed by atoms with Gasteiger partial charge in [0.2, 0.25) is 17.7 Å². The van der Waals surface area contributed by atoms with Crippen molar-refractivity contribution in [2.24, 2.45) is 11.8 Å². The fraction of sp³-hybridized carbons (Fsp3) is 0.459. The third-order valence-electron chi connectivity index (χ3n) is 9.83. The Bertz CT molecular complexity index is 1570. The number of aliphatic hydroxyl groups excluding tert-OH is 1. The second kappa shape index (κ2) is 14.8. The van der Waals surface area contributed by atoms with Gasteiger partial charge in [-0.2, -0.15) is 0 Å². The molecule has 2 fully saturated rings. The summed E-state index contributed by atoms with van der Waals surface area (Å²) in [6.45, 7) is 2.43. The predicted molar refractivity (Wildman–Crippen MR) is 181 cm³/mol. The van der Waals surface area contributed by atoms with E-state index < -0.39 is 53.6 Å². The van der Waals surface area contributed by atoms with Crippen molar-refractivity contribution in [3.63, 3.8) is 0 Å². The first-order chi connectivity index (χ1) is 23.3. The lowest BCUT2D eigenvalue weighted by Gasteiger charge is -2.38. The first kappa shape index (κ1) is 34.1. The first-order valence-electron chi connectivity index (χ1n) is 16.8. The highest BCUT2D eigenvalue weighted by atomic mass is 79.9. The molecule has 11 heteroatoms. The number of allylic oxidation sites excluding steroid dienone is 1. The Balaban J connectivity index is 1.45. The number of benzene rings is 2. The predicted octanol–water partition coefficient (Wildman–Crippen LogP) is 3.84. The smallest absolute Gasteiger partial charge is 0.313 e. The van der Waals surface area contributed by atoms with Crippen LogP contribution in [0.25, 0.3) is 0 Å². The van der Waals surface area contributed by atoms with Crippen LogP contribution in [-0.2, 0) is 35.1 Å². The normalized spacial score (nSPS) is 30.5. The molecular formula is C37H42BrN3O7. The molecule has 0 radical (unpaired) electrons. The van der Waals surface area contributed by atoms with Gasteiger partial charge >= 0.3 is 5.97 Å². The highest BCUT2D eigenvalue weighted by Gasteiger charge is 2.75. The fourth-order valence-electron chi connectivity index (χ4n) is 7.49. The largest absolute Gasteiger partial charge is 0.455 e. The average molecular weight is 721 g/mol. The lowest BCUT2D eigenvalue weighted by atomic mass is 9.74. The van der Waals surface area contributed by atoms with Gasteiger partial charge in [0.25, 0.3) is 0 Å². The maximum Gasteiger partial charge on any atom is 0.313 e. The molecule has 254 valence electrons. The van der Waals surface area contributed by atoms with Crippen LogP contribution in [0.15, 0.2) is 83.4 Å². The summed E-state index contributed by atoms with van der Waals surface area (Å²) in [6, 6.07) is 16.8. The number of carbonyl (C=O) groups excluding carboxylic acids is 4. The molecule has 2 aromatic carbocycles. The van der Waals surface area contributed by atoms with Crippen LogP contribution in [0.4, 0.5) is 0 Å². The van der Waals surface area contributed by atoms with E-state index >= 15 is 0 Å². The highest BCUT2D eigenvalue weighted by molar-refractivity contribution is 9.11. The summed E-state index contributed by atoms with van der Waals surface area (Å²) in [6.07, 6.45) is 6.49. The second-order valence-electron chi connectivity index (χ2n) is 12.9. The zero-order valence-electron chi connectivity index (χ0n) is 27.0. The number of hydrogen-bond acceptors (Lipinski definition) is 7. The molecule has 5 bridgehead atoms. The lowest BCUT2D eigenvalue weighted by Crippen LogP contribution is -2.59. The number of ether oxygens (including phenoxy) is 2. The summed E-state index contributed by atoms with van der Waals surface area (Å²) >= 11 is 3.61. The Kier molecular flexibility index (Phi) is 10.5. The number of fused-ring (bicyclic) bond motifs is 2. The molecule has 0 aliphatic carbocycles. The van der Waals surface area contributed by atoms with Crippen molar-refractivity contribution in [3.8, 4) is 0 Å². The van der Waals surface area contributed by atoms with Gasteiger partial charge in [0.15, 0.2) is 0 Å². The number of esters is 1. The zero-order chi connectivity index (χ0) is 33.8. The lowest BCUT2D eigenvalue weighted by molar-refractivity contribution is -0.160. The summed E-state index contributed by atoms with van der Waals surface area (Å²) in [4.78, 5) is 59.9. The van der Waals surface area contributed by atoms with Crippen molar-refractivity contribution >= 4 is 39.6 Å². The molecule has 4 aliphatic rings. The first-order valence-corrected chi connectivity index (χ1v) is 17.6. The quantitative estimate of drug-likeness (QED) is 0.314. The van der Waals surface area contributed by atoms with Crippen LogP contribution in [0, 0.1) is 11.8 Å². The Morgan fingerprint density at radius 3 is 2.46 bits per heavy atom. The topological polar surface area (TPSA) is 125 Å². The number of halogens is 1. The van der Waals surface area contributed by atoms with Crippen molar-refractivity contribution in [2.45, 2.75) is 68.9 Å². The van der Waals surface area contributed by atoms with Gasteiger partial charge in [0.05, 0.1) is 25.1 Å². The van der Waals surface area contributed by atoms with Gasteiger partial charge in [-0.15, -0.1) is 0 Å². The van der Waals surface area contributed by atoms with Crippen molar-refractivity contribution in [2.75, 3.05) is 26.2 Å². The Morgan fingerprint density at radius 2 is 1.75 bits per heavy atom. The minimum absolute atomic E-state index is 0.0546. The second-order valence-corrected chi connectivity index (χ2v) is 13.8. The number of nitrogens with one attached hydrogen (secondary N) is 1. The van der Waals surface area contributed by atoms with Crippen LogP contribution in [0.2, 0.25) is 0 Å². The van der Waals surface area contributed by atoms with Gasteiger partial charge in [-0.3, -0.25) is 19.2 Å². The van der Waals surface area contributed by atoms with E-state index in [0.717, 1.165) is 18.4 Å². The van der Waals surface area contributed by atoms with E-state index in [1.807, 2.05) is 79.7 Å². The Morgan fingerprint density at radius 1 is 1.02 bits per heavy atom. The molecule has 6 rings (SSSR count). The molecule has 4 aliphatic heterocycles. The zero-order valence-corrected chi connectivity index (χ0v) is 28.6. The van der Waals surface area contributed by atoms with Crippen molar-refractivity contribution in [1.29, 1.82) is 0 Å². The summed E-state index contributed by atoms with van der Waals surface area (Å²) < 4.78 is 13.4. The SMILES string of the molecule is CCCCN1C/C=C\CCC(=O)NC[C@H](c2ccccc2)OC(=O)[C@H]2[C@@H]3O[C@@]4(C=C3Br)[C@@H]2C(=O)N([C@@H](CO)Cc2ccccc2)[C@@H]4C1=O. The molecule has 48 heavy (non-hydrogen) atoms. The van der Waals surface area contributed by atoms with Gasteiger partial charge in [0, 0.05) is 24.0 Å². The molecule has 2 aromatic rings. The summed E-state index contributed by atoms with van der Waals surface area (Å²) in [5.74, 6) is -3.70. The Hall–Kier alpha value is -3.80. The molecule has 2 N–H and O–H groups in total. The number of aliphatic hydroxyl groups is 1. The molecule has 7 atom stereocenters. The third kappa shape index (κ3) is 6.47. The van der Waals surface area contributed by atoms with Gasteiger partial charge in [0.1, 0.15) is 29.8 Å². The maximum absolute atomic E-state index is 14.8. The number of cyclic esters (lactones) is 1. The van der Waals surface area contributed by atoms with Gasteiger partial charge in [-0.25, -0.2) is 0 Å². The maximum atomic E-state index is 14.8. The van der Waals surface area contributed by atoms with Crippen molar-refractivity contribution < 1.29 is 33.8 Å². The van der Waals surface area contributed by atoms with Crippen LogP contribution < -0.4 is 5.32 Å². The number of unbranched alkanes of at least 4 members (excludes halogenated alkanes) is 1. The van der Waals surface area contributed by atoms with Crippen LogP contribution in [-0.4, -0.2) is 88.6 Å². The average Bonchev–Trinajstić information content (AvgIpc) is 3.70. The summed E-state index contributed by atoms with van der Waals surface area (Å²) in [5, 5.41) is 13.7. The van der Waals surface area contributed by atoms with E-state index in [4.69, 9.17) is 9.47 Å². The van der Waals surface area contributed by atoms with E-state index in [2.05, 4.69) is 21.2 Å². The van der Waals surface area contributed by atoms with Crippen LogP contribution >= 0.6 is 15.9 Å².